The average Bonchev–Trinajstić information content (AvgIpc) is 3.70. The Morgan fingerprint density at radius 1 is 0.672 bits per heavy atom. The van der Waals surface area contributed by atoms with Gasteiger partial charge < -0.3 is 74.6 Å². The second kappa shape index (κ2) is 26.6. The third kappa shape index (κ3) is 18.0. The largest absolute Gasteiger partial charge is 0.480 e. The van der Waals surface area contributed by atoms with Gasteiger partial charge in [0.25, 0.3) is 0 Å². The molecule has 25 heteroatoms. The molecule has 10 amide bonds. The number of hydrogen-bond acceptors (Lipinski definition) is 14. The summed E-state index contributed by atoms with van der Waals surface area (Å²) in [6.07, 6.45) is -2.07. The van der Waals surface area contributed by atoms with Crippen molar-refractivity contribution < 1.29 is 68.1 Å². The number of rotatable bonds is 27. The predicted octanol–water partition coefficient (Wildman–Crippen LogP) is -5.57. The van der Waals surface area contributed by atoms with Crippen molar-refractivity contribution in [2.45, 2.75) is 154 Å². The van der Waals surface area contributed by atoms with Gasteiger partial charge >= 0.3 is 5.97 Å². The number of aliphatic hydroxyl groups is 2. The van der Waals surface area contributed by atoms with E-state index in [1.165, 1.54) is 25.7 Å². The highest BCUT2D eigenvalue weighted by Gasteiger charge is 2.39. The molecular formula is C39H67N11O14. The molecule has 64 heavy (non-hydrogen) atoms. The topological polar surface area (TPSA) is 414 Å². The van der Waals surface area contributed by atoms with Crippen LogP contribution in [-0.4, -0.2) is 159 Å². The molecule has 0 radical (unpaired) electrons. The second-order valence-electron chi connectivity index (χ2n) is 16.4. The van der Waals surface area contributed by atoms with Gasteiger partial charge in [-0.15, -0.1) is 0 Å². The van der Waals surface area contributed by atoms with Crippen LogP contribution in [0.2, 0.25) is 0 Å². The normalized spacial score (nSPS) is 18.2. The van der Waals surface area contributed by atoms with E-state index in [2.05, 4.69) is 37.2 Å². The first-order chi connectivity index (χ1) is 29.7. The summed E-state index contributed by atoms with van der Waals surface area (Å²) >= 11 is 0. The van der Waals surface area contributed by atoms with Gasteiger partial charge in [-0.1, -0.05) is 34.1 Å². The standard InChI is InChI=1S/C39H67N11O14/c1-8-18(4)29(36(60)47-25(16-51)34(58)46-24(15-28(42)54)32(56)44-22(39(63)64)11-12-27(41)53)48-37(61)30(21(7)52)49-33(57)23(14-17(2)3)45-31(55)20(6)43-35(59)26-10-9-13-50(26)38(62)19(5)40/h17-26,29-30,51-52H,8-16,40H2,1-7H3,(H2,41,53)(H2,42,54)(H,43,59)(H,44,56)(H,45,55)(H,46,58)(H,47,60)(H,48,61)(H,49,57)(H,63,64). The summed E-state index contributed by atoms with van der Waals surface area (Å²) in [5, 5.41) is 46.6. The number of aliphatic hydroxyl groups excluding tert-OH is 2. The van der Waals surface area contributed by atoms with Gasteiger partial charge in [-0.05, 0) is 58.3 Å². The Balaban J connectivity index is 3.18. The number of amides is 10. The monoisotopic (exact) mass is 913 g/mol. The van der Waals surface area contributed by atoms with Crippen LogP contribution in [0.1, 0.15) is 93.4 Å². The molecule has 0 aromatic rings. The molecule has 16 N–H and O–H groups in total. The van der Waals surface area contributed by atoms with E-state index in [9.17, 15) is 68.1 Å². The van der Waals surface area contributed by atoms with Crippen molar-refractivity contribution >= 4 is 65.0 Å². The van der Waals surface area contributed by atoms with Crippen LogP contribution >= 0.6 is 0 Å². The fourth-order valence-electron chi connectivity index (χ4n) is 6.50. The van der Waals surface area contributed by atoms with Gasteiger partial charge in [0, 0.05) is 13.0 Å². The van der Waals surface area contributed by atoms with E-state index in [1.807, 2.05) is 0 Å². The Kier molecular flexibility index (Phi) is 23.3. The highest BCUT2D eigenvalue weighted by Crippen LogP contribution is 2.19. The zero-order valence-corrected chi connectivity index (χ0v) is 37.3. The molecule has 0 aliphatic carbocycles. The summed E-state index contributed by atoms with van der Waals surface area (Å²) in [6, 6.07) is -12.6. The minimum absolute atomic E-state index is 0.0472. The molecule has 0 aromatic carbocycles. The van der Waals surface area contributed by atoms with Gasteiger partial charge in [-0.2, -0.15) is 0 Å². The number of aliphatic carboxylic acids is 1. The van der Waals surface area contributed by atoms with Crippen LogP contribution in [0.4, 0.5) is 0 Å². The molecule has 1 saturated heterocycles. The van der Waals surface area contributed by atoms with Crippen LogP contribution in [0, 0.1) is 11.8 Å². The van der Waals surface area contributed by atoms with E-state index in [1.54, 1.807) is 27.7 Å². The molecule has 1 rings (SSSR count). The molecule has 0 saturated carbocycles. The molecular weight excluding hydrogens is 846 g/mol. The van der Waals surface area contributed by atoms with Gasteiger partial charge in [-0.3, -0.25) is 47.9 Å². The van der Waals surface area contributed by atoms with Crippen molar-refractivity contribution in [3.05, 3.63) is 0 Å². The third-order valence-electron chi connectivity index (χ3n) is 10.3. The fraction of sp³-hybridized carbons (Fsp3) is 0.718. The van der Waals surface area contributed by atoms with Crippen LogP contribution in [0.3, 0.4) is 0 Å². The number of primary amides is 2. The zero-order chi connectivity index (χ0) is 49.2. The molecule has 1 fully saturated rings. The van der Waals surface area contributed by atoms with Crippen molar-refractivity contribution in [1.82, 2.24) is 42.1 Å². The maximum Gasteiger partial charge on any atom is 0.326 e. The number of carboxylic acids is 1. The molecule has 0 bridgehead atoms. The first kappa shape index (κ1) is 56.1. The number of nitrogens with one attached hydrogen (secondary N) is 7. The molecule has 0 aromatic heterocycles. The lowest BCUT2D eigenvalue weighted by atomic mass is 9.97. The minimum Gasteiger partial charge on any atom is -0.480 e. The smallest absolute Gasteiger partial charge is 0.326 e. The summed E-state index contributed by atoms with van der Waals surface area (Å²) in [5.74, 6) is -11.6. The van der Waals surface area contributed by atoms with Crippen molar-refractivity contribution in [3.8, 4) is 0 Å². The maximum absolute atomic E-state index is 13.7. The first-order valence-corrected chi connectivity index (χ1v) is 21.0. The molecule has 25 nitrogen and oxygen atoms in total. The Bertz CT molecular complexity index is 1710. The fourth-order valence-corrected chi connectivity index (χ4v) is 6.50. The lowest BCUT2D eigenvalue weighted by Gasteiger charge is -2.30. The minimum atomic E-state index is -1.82. The van der Waals surface area contributed by atoms with Crippen LogP contribution in [0.25, 0.3) is 0 Å². The van der Waals surface area contributed by atoms with E-state index < -0.39 is 157 Å². The molecule has 362 valence electrons. The predicted molar refractivity (Wildman–Crippen MR) is 225 cm³/mol. The quantitative estimate of drug-likeness (QED) is 0.0366. The molecule has 1 aliphatic heterocycles. The number of carbonyl (C=O) groups excluding carboxylic acids is 10. The molecule has 11 unspecified atom stereocenters. The molecule has 1 heterocycles. The average molecular weight is 914 g/mol. The number of likely N-dealkylation sites (tertiary alicyclic amines) is 1. The van der Waals surface area contributed by atoms with Crippen LogP contribution in [0.15, 0.2) is 0 Å². The van der Waals surface area contributed by atoms with Gasteiger partial charge in [0.1, 0.15) is 48.3 Å². The highest BCUT2D eigenvalue weighted by atomic mass is 16.4. The summed E-state index contributed by atoms with van der Waals surface area (Å²) in [7, 11) is 0. The van der Waals surface area contributed by atoms with Crippen LogP contribution in [0.5, 0.6) is 0 Å². The van der Waals surface area contributed by atoms with E-state index >= 15 is 0 Å². The number of carboxylic acid groups (broad SMARTS) is 1. The van der Waals surface area contributed by atoms with Crippen molar-refractivity contribution in [3.63, 3.8) is 0 Å². The van der Waals surface area contributed by atoms with Gasteiger partial charge in [0.05, 0.1) is 25.2 Å². The van der Waals surface area contributed by atoms with Crippen molar-refractivity contribution in [2.24, 2.45) is 29.0 Å². The van der Waals surface area contributed by atoms with Gasteiger partial charge in [0.15, 0.2) is 0 Å². The number of carbonyl (C=O) groups is 11. The van der Waals surface area contributed by atoms with Gasteiger partial charge in [0.2, 0.25) is 59.1 Å². The Morgan fingerprint density at radius 3 is 1.69 bits per heavy atom. The SMILES string of the molecule is CCC(C)C(NC(=O)C(NC(=O)C(CC(C)C)NC(=O)C(C)NC(=O)C1CCCN1C(=O)C(C)N)C(C)O)C(=O)NC(CO)C(=O)NC(CC(N)=O)C(=O)NC(CCC(N)=O)C(=O)O. The number of hydrogen-bond donors (Lipinski definition) is 13. The lowest BCUT2D eigenvalue weighted by molar-refractivity contribution is -0.143. The van der Waals surface area contributed by atoms with E-state index in [0.29, 0.717) is 19.4 Å². The maximum atomic E-state index is 13.7. The summed E-state index contributed by atoms with van der Waals surface area (Å²) in [4.78, 5) is 142. The van der Waals surface area contributed by atoms with Crippen molar-refractivity contribution in [1.29, 1.82) is 0 Å². The molecule has 11 atom stereocenters. The van der Waals surface area contributed by atoms with Crippen molar-refractivity contribution in [2.75, 3.05) is 13.2 Å². The van der Waals surface area contributed by atoms with Crippen LogP contribution < -0.4 is 54.4 Å². The molecule has 1 aliphatic rings. The van der Waals surface area contributed by atoms with Gasteiger partial charge in [-0.25, -0.2) is 4.79 Å². The Hall–Kier alpha value is -5.95. The number of nitrogens with zero attached hydrogens (tertiary/aromatic N) is 1. The highest BCUT2D eigenvalue weighted by molar-refractivity contribution is 5.99. The summed E-state index contributed by atoms with van der Waals surface area (Å²) < 4.78 is 0. The first-order valence-electron chi connectivity index (χ1n) is 21.0. The molecule has 0 spiro atoms. The summed E-state index contributed by atoms with van der Waals surface area (Å²) in [6.45, 7) is 10.0. The summed E-state index contributed by atoms with van der Waals surface area (Å²) in [5.41, 5.74) is 16.0. The number of nitrogens with two attached hydrogens (primary N) is 3. The lowest BCUT2D eigenvalue weighted by Crippen LogP contribution is -2.63. The van der Waals surface area contributed by atoms with E-state index in [0.717, 1.165) is 0 Å². The second-order valence-corrected chi connectivity index (χ2v) is 16.4. The van der Waals surface area contributed by atoms with E-state index in [4.69, 9.17) is 17.2 Å². The van der Waals surface area contributed by atoms with Crippen LogP contribution in [-0.2, 0) is 52.7 Å². The van der Waals surface area contributed by atoms with E-state index in [-0.39, 0.29) is 18.8 Å². The zero-order valence-electron chi connectivity index (χ0n) is 37.3. The Labute approximate surface area is 370 Å². The third-order valence-corrected chi connectivity index (χ3v) is 10.3. The Morgan fingerprint density at radius 2 is 1.19 bits per heavy atom.